The number of hydrogen-bond donors (Lipinski definition) is 0. The van der Waals surface area contributed by atoms with Gasteiger partial charge in [0, 0.05) is 50.0 Å². The lowest BCUT2D eigenvalue weighted by Crippen LogP contribution is -2.67. The van der Waals surface area contributed by atoms with Gasteiger partial charge in [-0.3, -0.25) is 4.90 Å². The van der Waals surface area contributed by atoms with Crippen LogP contribution in [0.2, 0.25) is 0 Å². The highest BCUT2D eigenvalue weighted by molar-refractivity contribution is 5.08. The Balaban J connectivity index is 1.42. The van der Waals surface area contributed by atoms with E-state index in [-0.39, 0.29) is 18.3 Å². The summed E-state index contributed by atoms with van der Waals surface area (Å²) in [5.41, 5.74) is -0.0196. The van der Waals surface area contributed by atoms with E-state index in [1.54, 1.807) is 0 Å². The van der Waals surface area contributed by atoms with Crippen molar-refractivity contribution < 1.29 is 8.78 Å². The largest absolute Gasteiger partial charge is 0.301 e. The minimum atomic E-state index is -2.36. The van der Waals surface area contributed by atoms with Crippen molar-refractivity contribution in [3.63, 3.8) is 0 Å². The van der Waals surface area contributed by atoms with Crippen LogP contribution in [-0.2, 0) is 0 Å². The predicted octanol–water partition coefficient (Wildman–Crippen LogP) is 3.62. The fraction of sp³-hybridized carbons (Fsp3) is 1.00. The molecule has 0 aromatic rings. The monoisotopic (exact) mass is 300 g/mol. The van der Waals surface area contributed by atoms with Crippen molar-refractivity contribution in [2.75, 3.05) is 26.2 Å². The van der Waals surface area contributed by atoms with Gasteiger partial charge in [0.15, 0.2) is 0 Å². The maximum atomic E-state index is 13.0. The van der Waals surface area contributed by atoms with Gasteiger partial charge < -0.3 is 4.90 Å². The smallest absolute Gasteiger partial charge is 0.249 e. The second-order valence-corrected chi connectivity index (χ2v) is 8.30. The van der Waals surface area contributed by atoms with Crippen LogP contribution in [0, 0.1) is 11.3 Å². The van der Waals surface area contributed by atoms with E-state index in [2.05, 4.69) is 30.6 Å². The summed E-state index contributed by atoms with van der Waals surface area (Å²) in [6, 6.07) is 1.20. The molecule has 1 saturated carbocycles. The van der Waals surface area contributed by atoms with E-state index in [1.165, 1.54) is 32.4 Å². The van der Waals surface area contributed by atoms with Crippen LogP contribution in [-0.4, -0.2) is 54.0 Å². The highest BCUT2D eigenvalue weighted by atomic mass is 19.3. The molecule has 1 spiro atoms. The van der Waals surface area contributed by atoms with Gasteiger partial charge in [-0.1, -0.05) is 0 Å². The molecule has 2 heterocycles. The number of alkyl halides is 2. The lowest BCUT2D eigenvalue weighted by atomic mass is 9.60. The zero-order valence-electron chi connectivity index (χ0n) is 13.7. The molecular weight excluding hydrogens is 270 g/mol. The standard InChI is InChI=1S/C17H30F2N2/c1-13(2)20-6-4-5-15(8-20)7-14(3)21-11-16(12-21)9-17(18,19)10-16/h13-15H,4-12H2,1-3H3. The Morgan fingerprint density at radius 3 is 2.33 bits per heavy atom. The third kappa shape index (κ3) is 3.26. The topological polar surface area (TPSA) is 6.48 Å². The van der Waals surface area contributed by atoms with Crippen molar-refractivity contribution in [3.8, 4) is 0 Å². The van der Waals surface area contributed by atoms with E-state index >= 15 is 0 Å². The summed E-state index contributed by atoms with van der Waals surface area (Å²) in [5, 5.41) is 0. The molecule has 3 aliphatic rings. The Morgan fingerprint density at radius 2 is 1.76 bits per heavy atom. The zero-order valence-corrected chi connectivity index (χ0v) is 13.7. The van der Waals surface area contributed by atoms with Gasteiger partial charge in [-0.05, 0) is 52.5 Å². The van der Waals surface area contributed by atoms with Crippen LogP contribution in [0.5, 0.6) is 0 Å². The third-order valence-corrected chi connectivity index (χ3v) is 5.92. The average Bonchev–Trinajstić information content (AvgIpc) is 2.32. The second-order valence-electron chi connectivity index (χ2n) is 8.30. The molecule has 2 aliphatic heterocycles. The summed E-state index contributed by atoms with van der Waals surface area (Å²) in [6.07, 6.45) is 4.15. The van der Waals surface area contributed by atoms with E-state index < -0.39 is 5.92 Å². The van der Waals surface area contributed by atoms with Gasteiger partial charge in [0.25, 0.3) is 0 Å². The molecule has 0 amide bonds. The van der Waals surface area contributed by atoms with Gasteiger partial charge in [-0.25, -0.2) is 8.78 Å². The first-order chi connectivity index (χ1) is 9.79. The minimum absolute atomic E-state index is 0.0196. The highest BCUT2D eigenvalue weighted by Gasteiger charge is 2.61. The first-order valence-electron chi connectivity index (χ1n) is 8.65. The molecule has 1 aliphatic carbocycles. The molecule has 0 aromatic heterocycles. The van der Waals surface area contributed by atoms with E-state index in [4.69, 9.17) is 0 Å². The number of rotatable bonds is 4. The molecule has 2 atom stereocenters. The van der Waals surface area contributed by atoms with Crippen LogP contribution in [0.3, 0.4) is 0 Å². The molecule has 122 valence electrons. The van der Waals surface area contributed by atoms with Gasteiger partial charge in [0.05, 0.1) is 0 Å². The molecule has 21 heavy (non-hydrogen) atoms. The lowest BCUT2D eigenvalue weighted by molar-refractivity contribution is -0.220. The first-order valence-corrected chi connectivity index (χ1v) is 8.65. The molecule has 3 rings (SSSR count). The van der Waals surface area contributed by atoms with Crippen molar-refractivity contribution in [1.29, 1.82) is 0 Å². The van der Waals surface area contributed by atoms with Crippen LogP contribution >= 0.6 is 0 Å². The molecular formula is C17H30F2N2. The molecule has 2 saturated heterocycles. The number of piperidine rings is 1. The average molecular weight is 300 g/mol. The maximum absolute atomic E-state index is 13.0. The number of hydrogen-bond acceptors (Lipinski definition) is 2. The highest BCUT2D eigenvalue weighted by Crippen LogP contribution is 2.57. The Bertz CT molecular complexity index is 367. The van der Waals surface area contributed by atoms with E-state index in [1.807, 2.05) is 0 Å². The predicted molar refractivity (Wildman–Crippen MR) is 81.7 cm³/mol. The van der Waals surface area contributed by atoms with E-state index in [0.717, 1.165) is 19.0 Å². The van der Waals surface area contributed by atoms with Crippen molar-refractivity contribution >= 4 is 0 Å². The summed E-state index contributed by atoms with van der Waals surface area (Å²) in [6.45, 7) is 11.1. The maximum Gasteiger partial charge on any atom is 0.249 e. The van der Waals surface area contributed by atoms with Crippen molar-refractivity contribution in [3.05, 3.63) is 0 Å². The molecule has 2 nitrogen and oxygen atoms in total. The Morgan fingerprint density at radius 1 is 1.10 bits per heavy atom. The Kier molecular flexibility index (Phi) is 4.07. The summed E-state index contributed by atoms with van der Waals surface area (Å²) < 4.78 is 26.1. The van der Waals surface area contributed by atoms with Gasteiger partial charge >= 0.3 is 0 Å². The summed E-state index contributed by atoms with van der Waals surface area (Å²) in [5.74, 6) is -1.58. The molecule has 0 N–H and O–H groups in total. The molecule has 0 radical (unpaired) electrons. The molecule has 3 fully saturated rings. The van der Waals surface area contributed by atoms with Crippen molar-refractivity contribution in [2.45, 2.75) is 70.9 Å². The lowest BCUT2D eigenvalue weighted by Gasteiger charge is -2.60. The van der Waals surface area contributed by atoms with Crippen LogP contribution in [0.25, 0.3) is 0 Å². The van der Waals surface area contributed by atoms with Gasteiger partial charge in [0.2, 0.25) is 5.92 Å². The normalized spacial score (nSPS) is 33.7. The first kappa shape index (κ1) is 15.7. The molecule has 2 unspecified atom stereocenters. The van der Waals surface area contributed by atoms with Gasteiger partial charge in [0.1, 0.15) is 0 Å². The fourth-order valence-corrected chi connectivity index (χ4v) is 4.79. The molecule has 0 bridgehead atoms. The quantitative estimate of drug-likeness (QED) is 0.782. The zero-order chi connectivity index (χ0) is 15.3. The number of likely N-dealkylation sites (tertiary alicyclic amines) is 2. The van der Waals surface area contributed by atoms with Crippen LogP contribution < -0.4 is 0 Å². The van der Waals surface area contributed by atoms with Crippen molar-refractivity contribution in [1.82, 2.24) is 9.80 Å². The van der Waals surface area contributed by atoms with Gasteiger partial charge in [-0.15, -0.1) is 0 Å². The molecule has 0 aromatic carbocycles. The van der Waals surface area contributed by atoms with E-state index in [0.29, 0.717) is 12.1 Å². The Labute approximate surface area is 127 Å². The van der Waals surface area contributed by atoms with Crippen LogP contribution in [0.15, 0.2) is 0 Å². The number of halogens is 2. The summed E-state index contributed by atoms with van der Waals surface area (Å²) in [7, 11) is 0. The summed E-state index contributed by atoms with van der Waals surface area (Å²) in [4.78, 5) is 5.02. The summed E-state index contributed by atoms with van der Waals surface area (Å²) >= 11 is 0. The van der Waals surface area contributed by atoms with Crippen molar-refractivity contribution in [2.24, 2.45) is 11.3 Å². The second kappa shape index (κ2) is 5.45. The van der Waals surface area contributed by atoms with E-state index in [9.17, 15) is 8.78 Å². The SMILES string of the molecule is CC(C)N1CCCC(CC(C)N2CC3(C2)CC(F)(F)C3)C1. The minimum Gasteiger partial charge on any atom is -0.301 e. The Hall–Kier alpha value is -0.220. The fourth-order valence-electron chi connectivity index (χ4n) is 4.79. The van der Waals surface area contributed by atoms with Crippen LogP contribution in [0.1, 0.15) is 52.9 Å². The van der Waals surface area contributed by atoms with Crippen LogP contribution in [0.4, 0.5) is 8.78 Å². The van der Waals surface area contributed by atoms with Gasteiger partial charge in [-0.2, -0.15) is 0 Å². The third-order valence-electron chi connectivity index (χ3n) is 5.92. The molecule has 4 heteroatoms. The number of nitrogens with zero attached hydrogens (tertiary/aromatic N) is 2.